The van der Waals surface area contributed by atoms with Crippen molar-refractivity contribution >= 4 is 21.8 Å². The van der Waals surface area contributed by atoms with Crippen molar-refractivity contribution in [2.75, 3.05) is 33.2 Å². The maximum Gasteiger partial charge on any atom is 0.255 e. The molecule has 0 atom stereocenters. The van der Waals surface area contributed by atoms with Crippen LogP contribution in [0.5, 0.6) is 0 Å². The first-order valence-electron chi connectivity index (χ1n) is 5.75. The fourth-order valence-corrected chi connectivity index (χ4v) is 2.33. The number of nitrogens with zero attached hydrogens (tertiary/aromatic N) is 3. The van der Waals surface area contributed by atoms with Gasteiger partial charge < -0.3 is 9.80 Å². The van der Waals surface area contributed by atoms with E-state index in [0.717, 1.165) is 37.1 Å². The molecule has 1 aliphatic heterocycles. The second kappa shape index (κ2) is 5.60. The molecular weight excluding hydrogens is 282 g/mol. The summed E-state index contributed by atoms with van der Waals surface area (Å²) < 4.78 is 0.843. The smallest absolute Gasteiger partial charge is 0.255 e. The Balaban J connectivity index is 2.09. The van der Waals surface area contributed by atoms with Crippen LogP contribution in [-0.4, -0.2) is 53.9 Å². The van der Waals surface area contributed by atoms with Crippen LogP contribution in [0.15, 0.2) is 22.9 Å². The highest BCUT2D eigenvalue weighted by molar-refractivity contribution is 9.10. The van der Waals surface area contributed by atoms with Gasteiger partial charge in [-0.15, -0.1) is 0 Å². The summed E-state index contributed by atoms with van der Waals surface area (Å²) >= 11 is 3.34. The van der Waals surface area contributed by atoms with Crippen LogP contribution in [-0.2, 0) is 0 Å². The topological polar surface area (TPSA) is 36.4 Å². The first kappa shape index (κ1) is 12.5. The first-order valence-corrected chi connectivity index (χ1v) is 6.54. The van der Waals surface area contributed by atoms with Crippen LogP contribution in [0.25, 0.3) is 0 Å². The van der Waals surface area contributed by atoms with Gasteiger partial charge in [-0.2, -0.15) is 0 Å². The second-order valence-corrected chi connectivity index (χ2v) is 5.26. The normalized spacial score (nSPS) is 17.9. The zero-order chi connectivity index (χ0) is 12.3. The lowest BCUT2D eigenvalue weighted by atomic mass is 10.2. The van der Waals surface area contributed by atoms with Crippen LogP contribution in [0.2, 0.25) is 0 Å². The third-order valence-corrected chi connectivity index (χ3v) is 3.39. The van der Waals surface area contributed by atoms with Crippen LogP contribution in [0, 0.1) is 0 Å². The van der Waals surface area contributed by atoms with E-state index < -0.39 is 0 Å². The molecule has 0 unspecified atom stereocenters. The van der Waals surface area contributed by atoms with E-state index in [4.69, 9.17) is 0 Å². The zero-order valence-corrected chi connectivity index (χ0v) is 11.5. The molecule has 1 saturated heterocycles. The van der Waals surface area contributed by atoms with Gasteiger partial charge in [-0.3, -0.25) is 9.78 Å². The van der Waals surface area contributed by atoms with Gasteiger partial charge in [0.25, 0.3) is 5.91 Å². The number of rotatable bonds is 1. The molecule has 5 heteroatoms. The molecule has 0 saturated carbocycles. The molecule has 0 aliphatic carbocycles. The van der Waals surface area contributed by atoms with Gasteiger partial charge in [0.05, 0.1) is 5.56 Å². The first-order chi connectivity index (χ1) is 8.16. The van der Waals surface area contributed by atoms with E-state index >= 15 is 0 Å². The summed E-state index contributed by atoms with van der Waals surface area (Å²) in [5.41, 5.74) is 0.656. The minimum Gasteiger partial charge on any atom is -0.337 e. The lowest BCUT2D eigenvalue weighted by molar-refractivity contribution is 0.0762. The van der Waals surface area contributed by atoms with Crippen molar-refractivity contribution < 1.29 is 4.79 Å². The molecule has 0 bridgehead atoms. The number of halogens is 1. The molecule has 2 rings (SSSR count). The van der Waals surface area contributed by atoms with E-state index in [0.29, 0.717) is 5.56 Å². The van der Waals surface area contributed by atoms with Gasteiger partial charge in [-0.25, -0.2) is 0 Å². The van der Waals surface area contributed by atoms with Gasteiger partial charge in [0.2, 0.25) is 0 Å². The third-order valence-electron chi connectivity index (χ3n) is 2.96. The molecule has 0 radical (unpaired) electrons. The molecule has 92 valence electrons. The molecule has 2 heterocycles. The molecule has 4 nitrogen and oxygen atoms in total. The van der Waals surface area contributed by atoms with Crippen LogP contribution >= 0.6 is 15.9 Å². The summed E-state index contributed by atoms with van der Waals surface area (Å²) in [4.78, 5) is 20.5. The monoisotopic (exact) mass is 297 g/mol. The molecule has 1 aliphatic rings. The Bertz CT molecular complexity index is 410. The Kier molecular flexibility index (Phi) is 4.12. The minimum absolute atomic E-state index is 0.0779. The third kappa shape index (κ3) is 3.26. The number of likely N-dealkylation sites (N-methyl/N-ethyl adjacent to an activating group) is 1. The molecule has 1 fully saturated rings. The highest BCUT2D eigenvalue weighted by atomic mass is 79.9. The van der Waals surface area contributed by atoms with Crippen molar-refractivity contribution in [2.24, 2.45) is 0 Å². The fraction of sp³-hybridized carbons (Fsp3) is 0.500. The number of aromatic nitrogens is 1. The van der Waals surface area contributed by atoms with Crippen molar-refractivity contribution in [1.29, 1.82) is 0 Å². The Morgan fingerprint density at radius 3 is 2.88 bits per heavy atom. The molecule has 0 N–H and O–H groups in total. The number of amides is 1. The summed E-state index contributed by atoms with van der Waals surface area (Å²) in [6.07, 6.45) is 4.35. The van der Waals surface area contributed by atoms with Gasteiger partial charge in [0.15, 0.2) is 0 Å². The number of carbonyl (C=O) groups excluding carboxylic acids is 1. The van der Waals surface area contributed by atoms with E-state index in [-0.39, 0.29) is 5.91 Å². The van der Waals surface area contributed by atoms with E-state index in [9.17, 15) is 4.79 Å². The number of pyridine rings is 1. The second-order valence-electron chi connectivity index (χ2n) is 4.34. The molecule has 0 spiro atoms. The van der Waals surface area contributed by atoms with E-state index in [1.165, 1.54) is 0 Å². The van der Waals surface area contributed by atoms with Crippen molar-refractivity contribution in [3.8, 4) is 0 Å². The Morgan fingerprint density at radius 2 is 2.12 bits per heavy atom. The highest BCUT2D eigenvalue weighted by Gasteiger charge is 2.19. The SMILES string of the molecule is CN1CCCN(C(=O)c2cncc(Br)c2)CC1. The number of carbonyl (C=O) groups is 1. The van der Waals surface area contributed by atoms with Gasteiger partial charge in [-0.1, -0.05) is 0 Å². The standard InChI is InChI=1S/C12H16BrN3O/c1-15-3-2-4-16(6-5-15)12(17)10-7-11(13)9-14-8-10/h7-9H,2-6H2,1H3. The predicted molar refractivity (Wildman–Crippen MR) is 70.0 cm³/mol. The van der Waals surface area contributed by atoms with Crippen molar-refractivity contribution in [3.05, 3.63) is 28.5 Å². The summed E-state index contributed by atoms with van der Waals surface area (Å²) in [5.74, 6) is 0.0779. The Morgan fingerprint density at radius 1 is 1.29 bits per heavy atom. The number of hydrogen-bond acceptors (Lipinski definition) is 3. The van der Waals surface area contributed by atoms with Crippen LogP contribution in [0.3, 0.4) is 0 Å². The fourth-order valence-electron chi connectivity index (χ4n) is 1.96. The van der Waals surface area contributed by atoms with Crippen LogP contribution < -0.4 is 0 Å². The summed E-state index contributed by atoms with van der Waals surface area (Å²) in [7, 11) is 2.09. The molecule has 1 aromatic rings. The zero-order valence-electron chi connectivity index (χ0n) is 9.90. The molecular formula is C12H16BrN3O. The molecule has 17 heavy (non-hydrogen) atoms. The van der Waals surface area contributed by atoms with Crippen molar-refractivity contribution in [2.45, 2.75) is 6.42 Å². The van der Waals surface area contributed by atoms with Gasteiger partial charge in [0.1, 0.15) is 0 Å². The van der Waals surface area contributed by atoms with Crippen molar-refractivity contribution in [3.63, 3.8) is 0 Å². The predicted octanol–water partition coefficient (Wildman–Crippen LogP) is 1.62. The Hall–Kier alpha value is -0.940. The van der Waals surface area contributed by atoms with Gasteiger partial charge in [-0.05, 0) is 42.0 Å². The lowest BCUT2D eigenvalue weighted by Crippen LogP contribution is -2.34. The maximum absolute atomic E-state index is 12.3. The molecule has 0 aromatic carbocycles. The Labute approximate surface area is 110 Å². The van der Waals surface area contributed by atoms with E-state index in [2.05, 4.69) is 32.9 Å². The average Bonchev–Trinajstić information content (AvgIpc) is 2.53. The molecule has 1 amide bonds. The van der Waals surface area contributed by atoms with E-state index in [1.54, 1.807) is 12.4 Å². The maximum atomic E-state index is 12.3. The van der Waals surface area contributed by atoms with Crippen LogP contribution in [0.1, 0.15) is 16.8 Å². The minimum atomic E-state index is 0.0779. The summed E-state index contributed by atoms with van der Waals surface area (Å²) in [6.45, 7) is 3.62. The highest BCUT2D eigenvalue weighted by Crippen LogP contribution is 2.13. The van der Waals surface area contributed by atoms with E-state index in [1.807, 2.05) is 11.0 Å². The summed E-state index contributed by atoms with van der Waals surface area (Å²) in [5, 5.41) is 0. The quantitative estimate of drug-likeness (QED) is 0.790. The lowest BCUT2D eigenvalue weighted by Gasteiger charge is -2.20. The largest absolute Gasteiger partial charge is 0.337 e. The van der Waals surface area contributed by atoms with Crippen LogP contribution in [0.4, 0.5) is 0 Å². The average molecular weight is 298 g/mol. The summed E-state index contributed by atoms with van der Waals surface area (Å²) in [6, 6.07) is 1.82. The number of hydrogen-bond donors (Lipinski definition) is 0. The van der Waals surface area contributed by atoms with Gasteiger partial charge in [0, 0.05) is 36.5 Å². The van der Waals surface area contributed by atoms with Crippen molar-refractivity contribution in [1.82, 2.24) is 14.8 Å². The molecule has 1 aromatic heterocycles. The van der Waals surface area contributed by atoms with Gasteiger partial charge >= 0.3 is 0 Å².